The van der Waals surface area contributed by atoms with Crippen molar-refractivity contribution in [3.05, 3.63) is 58.4 Å². The number of benzene rings is 2. The summed E-state index contributed by atoms with van der Waals surface area (Å²) in [6.07, 6.45) is 4.93. The number of ketones is 1. The number of nitrogen functional groups attached to an aromatic ring is 1. The van der Waals surface area contributed by atoms with Gasteiger partial charge in [0.2, 0.25) is 0 Å². The first-order chi connectivity index (χ1) is 17.3. The molecule has 3 N–H and O–H groups in total. The van der Waals surface area contributed by atoms with Crippen molar-refractivity contribution in [2.45, 2.75) is 46.0 Å². The minimum Gasteiger partial charge on any atom is -0.495 e. The van der Waals surface area contributed by atoms with Gasteiger partial charge in [0.25, 0.3) is 5.91 Å². The van der Waals surface area contributed by atoms with Crippen molar-refractivity contribution in [3.8, 4) is 5.75 Å². The van der Waals surface area contributed by atoms with Crippen LogP contribution in [0.15, 0.2) is 30.3 Å². The van der Waals surface area contributed by atoms with Crippen molar-refractivity contribution in [3.63, 3.8) is 0 Å². The van der Waals surface area contributed by atoms with Gasteiger partial charge in [0.05, 0.1) is 24.8 Å². The minimum atomic E-state index is -0.445. The molecule has 6 nitrogen and oxygen atoms in total. The molecule has 0 spiro atoms. The first-order valence-electron chi connectivity index (χ1n) is 12.3. The van der Waals surface area contributed by atoms with Crippen LogP contribution in [0, 0.1) is 18.7 Å². The Morgan fingerprint density at radius 3 is 2.58 bits per heavy atom. The number of anilines is 1. The average molecular weight is 517 g/mol. The Bertz CT molecular complexity index is 1060. The maximum atomic E-state index is 14.1. The standard InChI is InChI=1S/C28H38FN2O4P/c1-5-7-20(8-6-9-26(32)21-11-10-19(2)16-24(21)29)17-36-18-23-25(30)13-12-22(27(23)35-4)28(33)31-14-15-34-3/h10-13,16,18,20H,5-9,14-15,17,30H2,1-4H3,(H,31,33). The van der Waals surface area contributed by atoms with E-state index in [1.165, 1.54) is 13.2 Å². The zero-order valence-electron chi connectivity index (χ0n) is 21.7. The van der Waals surface area contributed by atoms with E-state index < -0.39 is 5.82 Å². The molecule has 2 rings (SSSR count). The zero-order valence-corrected chi connectivity index (χ0v) is 22.6. The van der Waals surface area contributed by atoms with E-state index in [4.69, 9.17) is 15.2 Å². The number of carbonyl (C=O) groups is 2. The van der Waals surface area contributed by atoms with Gasteiger partial charge in [-0.2, -0.15) is 0 Å². The Kier molecular flexibility index (Phi) is 12.6. The predicted molar refractivity (Wildman–Crippen MR) is 146 cm³/mol. The fourth-order valence-corrected chi connectivity index (χ4v) is 5.29. The lowest BCUT2D eigenvalue weighted by molar-refractivity contribution is 0.0932. The van der Waals surface area contributed by atoms with Crippen LogP contribution in [-0.2, 0) is 4.74 Å². The number of aryl methyl sites for hydroxylation is 1. The monoisotopic (exact) mass is 516 g/mol. The zero-order chi connectivity index (χ0) is 26.5. The lowest BCUT2D eigenvalue weighted by Gasteiger charge is -2.15. The predicted octanol–water partition coefficient (Wildman–Crippen LogP) is 5.67. The van der Waals surface area contributed by atoms with Gasteiger partial charge in [-0.3, -0.25) is 9.59 Å². The molecule has 1 atom stereocenters. The Labute approximate surface area is 215 Å². The Morgan fingerprint density at radius 1 is 1.17 bits per heavy atom. The van der Waals surface area contributed by atoms with Gasteiger partial charge in [-0.1, -0.05) is 25.8 Å². The summed E-state index contributed by atoms with van der Waals surface area (Å²) in [6.45, 7) is 4.77. The normalized spacial score (nSPS) is 12.0. The van der Waals surface area contributed by atoms with Crippen LogP contribution in [0.25, 0.3) is 0 Å². The number of ether oxygens (including phenoxy) is 2. The number of methoxy groups -OCH3 is 2. The first kappa shape index (κ1) is 29.5. The molecule has 0 saturated heterocycles. The molecule has 36 heavy (non-hydrogen) atoms. The molecule has 2 aromatic rings. The summed E-state index contributed by atoms with van der Waals surface area (Å²) in [6, 6.07) is 8.13. The minimum absolute atomic E-state index is 0.148. The number of amides is 1. The third kappa shape index (κ3) is 8.72. The number of nitrogens with two attached hydrogens (primary N) is 1. The van der Waals surface area contributed by atoms with Gasteiger partial charge in [-0.05, 0) is 67.5 Å². The third-order valence-corrected chi connectivity index (χ3v) is 7.16. The quantitative estimate of drug-likeness (QED) is 0.138. The molecular weight excluding hydrogens is 478 g/mol. The van der Waals surface area contributed by atoms with Crippen molar-refractivity contribution in [1.29, 1.82) is 0 Å². The van der Waals surface area contributed by atoms with Gasteiger partial charge >= 0.3 is 0 Å². The maximum absolute atomic E-state index is 14.1. The van der Waals surface area contributed by atoms with Crippen LogP contribution in [0.5, 0.6) is 5.75 Å². The second kappa shape index (κ2) is 15.4. The van der Waals surface area contributed by atoms with Crippen LogP contribution in [0.4, 0.5) is 10.1 Å². The highest BCUT2D eigenvalue weighted by Gasteiger charge is 2.17. The first-order valence-corrected chi connectivity index (χ1v) is 13.5. The van der Waals surface area contributed by atoms with Crippen molar-refractivity contribution >= 4 is 31.4 Å². The number of rotatable bonds is 15. The van der Waals surface area contributed by atoms with Gasteiger partial charge in [0.1, 0.15) is 11.6 Å². The van der Waals surface area contributed by atoms with E-state index in [0.717, 1.165) is 45.6 Å². The molecule has 0 aliphatic heterocycles. The maximum Gasteiger partial charge on any atom is 0.255 e. The summed E-state index contributed by atoms with van der Waals surface area (Å²) in [5.74, 6) is 2.04. The molecule has 2 aromatic carbocycles. The molecule has 0 aliphatic rings. The fourth-order valence-electron chi connectivity index (χ4n) is 4.07. The average Bonchev–Trinajstić information content (AvgIpc) is 2.84. The molecule has 0 fully saturated rings. The molecule has 0 radical (unpaired) electrons. The smallest absolute Gasteiger partial charge is 0.255 e. The topological polar surface area (TPSA) is 90.7 Å². The van der Waals surface area contributed by atoms with Crippen molar-refractivity contribution in [1.82, 2.24) is 5.32 Å². The van der Waals surface area contributed by atoms with Crippen molar-refractivity contribution in [2.24, 2.45) is 5.92 Å². The van der Waals surface area contributed by atoms with Gasteiger partial charge in [-0.25, -0.2) is 4.39 Å². The van der Waals surface area contributed by atoms with Crippen molar-refractivity contribution in [2.75, 3.05) is 39.3 Å². The second-order valence-corrected chi connectivity index (χ2v) is 9.83. The van der Waals surface area contributed by atoms with E-state index in [2.05, 4.69) is 12.2 Å². The van der Waals surface area contributed by atoms with Gasteiger partial charge in [0.15, 0.2) is 5.78 Å². The van der Waals surface area contributed by atoms with Crippen LogP contribution in [0.3, 0.4) is 0 Å². The van der Waals surface area contributed by atoms with E-state index in [1.54, 1.807) is 38.3 Å². The molecule has 196 valence electrons. The van der Waals surface area contributed by atoms with Gasteiger partial charge in [-0.15, -0.1) is 8.20 Å². The SMILES string of the molecule is CCCC(CCCC(=O)c1ccc(C)cc1F)CP=Cc1c(N)ccc(C(=O)NCCOC)c1OC. The van der Waals surface area contributed by atoms with Crippen molar-refractivity contribution < 1.29 is 23.5 Å². The van der Waals surface area contributed by atoms with E-state index >= 15 is 0 Å². The van der Waals surface area contributed by atoms with Crippen LogP contribution in [0.1, 0.15) is 70.9 Å². The summed E-state index contributed by atoms with van der Waals surface area (Å²) in [5.41, 5.74) is 8.88. The molecule has 0 saturated carbocycles. The number of nitrogens with one attached hydrogen (secondary N) is 1. The molecule has 1 amide bonds. The van der Waals surface area contributed by atoms with Crippen LogP contribution >= 0.6 is 8.20 Å². The molecule has 0 aromatic heterocycles. The van der Waals surface area contributed by atoms with E-state index in [9.17, 15) is 14.0 Å². The molecule has 8 heteroatoms. The lowest BCUT2D eigenvalue weighted by Crippen LogP contribution is -2.27. The highest BCUT2D eigenvalue weighted by Crippen LogP contribution is 2.30. The number of hydrogen-bond donors (Lipinski definition) is 2. The second-order valence-electron chi connectivity index (χ2n) is 8.85. The fraction of sp³-hybridized carbons (Fsp3) is 0.464. The molecule has 0 bridgehead atoms. The van der Waals surface area contributed by atoms with E-state index in [1.807, 2.05) is 5.80 Å². The van der Waals surface area contributed by atoms with E-state index in [-0.39, 0.29) is 17.3 Å². The third-order valence-electron chi connectivity index (χ3n) is 5.99. The summed E-state index contributed by atoms with van der Waals surface area (Å²) in [4.78, 5) is 25.1. The summed E-state index contributed by atoms with van der Waals surface area (Å²) in [7, 11) is 4.16. The van der Waals surface area contributed by atoms with E-state index in [0.29, 0.717) is 48.1 Å². The number of carbonyl (C=O) groups excluding carboxylic acids is 2. The lowest BCUT2D eigenvalue weighted by atomic mass is 9.96. The van der Waals surface area contributed by atoms with Gasteiger partial charge < -0.3 is 20.5 Å². The van der Waals surface area contributed by atoms with Crippen LogP contribution < -0.4 is 15.8 Å². The molecule has 1 unspecified atom stereocenters. The summed E-state index contributed by atoms with van der Waals surface area (Å²) >= 11 is 0. The summed E-state index contributed by atoms with van der Waals surface area (Å²) in [5, 5.41) is 2.81. The highest BCUT2D eigenvalue weighted by atomic mass is 31.1. The highest BCUT2D eigenvalue weighted by molar-refractivity contribution is 7.39. The Morgan fingerprint density at radius 2 is 1.92 bits per heavy atom. The Hall–Kier alpha value is -2.76. The summed E-state index contributed by atoms with van der Waals surface area (Å²) < 4.78 is 24.7. The molecule has 0 aliphatic carbocycles. The Balaban J connectivity index is 2.03. The number of halogens is 1. The number of Topliss-reactive ketones (excluding diaryl/α,β-unsaturated/α-hetero) is 1. The van der Waals surface area contributed by atoms with Gasteiger partial charge in [0, 0.05) is 31.3 Å². The van der Waals surface area contributed by atoms with Crippen LogP contribution in [0.2, 0.25) is 0 Å². The molecule has 0 heterocycles. The van der Waals surface area contributed by atoms with Crippen LogP contribution in [-0.4, -0.2) is 51.0 Å². The largest absolute Gasteiger partial charge is 0.495 e. The molecular formula is C28H38FN2O4P. The number of hydrogen-bond acceptors (Lipinski definition) is 5.